The van der Waals surface area contributed by atoms with Crippen molar-refractivity contribution in [1.82, 2.24) is 0 Å². The van der Waals surface area contributed by atoms with Crippen LogP contribution in [-0.2, 0) is 5.72 Å². The van der Waals surface area contributed by atoms with E-state index in [-0.39, 0.29) is 17.0 Å². The second kappa shape index (κ2) is 8.21. The fourth-order valence-electron chi connectivity index (χ4n) is 4.04. The monoisotopic (exact) mass is 450 g/mol. The first-order valence-corrected chi connectivity index (χ1v) is 9.53. The first-order valence-electron chi connectivity index (χ1n) is 9.15. The summed E-state index contributed by atoms with van der Waals surface area (Å²) in [4.78, 5) is 2.25. The van der Waals surface area contributed by atoms with Crippen molar-refractivity contribution in [2.45, 2.75) is 31.4 Å². The summed E-state index contributed by atoms with van der Waals surface area (Å²) in [6, 6.07) is 15.6. The van der Waals surface area contributed by atoms with E-state index in [0.29, 0.717) is 11.6 Å². The SMILES string of the molecule is COc1ccc(N2CC(O)(c3ccc(Cl)cc3)[N+]3=C2CCCCC3)cc1.[Br-]. The first kappa shape index (κ1) is 20.2. The largest absolute Gasteiger partial charge is 1.00 e. The molecule has 1 atom stereocenters. The molecule has 0 radical (unpaired) electrons. The van der Waals surface area contributed by atoms with Crippen LogP contribution in [0.5, 0.6) is 5.75 Å². The maximum Gasteiger partial charge on any atom is 0.271 e. The first-order chi connectivity index (χ1) is 12.6. The van der Waals surface area contributed by atoms with Crippen molar-refractivity contribution in [3.8, 4) is 5.75 Å². The van der Waals surface area contributed by atoms with Gasteiger partial charge in [0.2, 0.25) is 0 Å². The maximum atomic E-state index is 11.7. The average molecular weight is 452 g/mol. The molecule has 2 aliphatic heterocycles. The van der Waals surface area contributed by atoms with Crippen molar-refractivity contribution in [3.05, 3.63) is 59.1 Å². The van der Waals surface area contributed by atoms with Gasteiger partial charge in [0.1, 0.15) is 11.4 Å². The van der Waals surface area contributed by atoms with Gasteiger partial charge in [-0.3, -0.25) is 0 Å². The van der Waals surface area contributed by atoms with Gasteiger partial charge in [-0.1, -0.05) is 23.7 Å². The molecule has 144 valence electrons. The summed E-state index contributed by atoms with van der Waals surface area (Å²) in [5.41, 5.74) is 0.930. The molecule has 2 aromatic carbocycles. The molecule has 0 saturated carbocycles. The minimum Gasteiger partial charge on any atom is -1.00 e. The molecule has 1 N–H and O–H groups in total. The van der Waals surface area contributed by atoms with Crippen molar-refractivity contribution < 1.29 is 31.4 Å². The lowest BCUT2D eigenvalue weighted by Crippen LogP contribution is -3.00. The van der Waals surface area contributed by atoms with Crippen LogP contribution < -0.4 is 26.6 Å². The van der Waals surface area contributed by atoms with E-state index in [1.165, 1.54) is 12.3 Å². The molecule has 0 amide bonds. The van der Waals surface area contributed by atoms with Crippen LogP contribution in [0.15, 0.2) is 48.5 Å². The number of aliphatic hydroxyl groups is 1. The Hall–Kier alpha value is -1.56. The van der Waals surface area contributed by atoms with Crippen molar-refractivity contribution >= 4 is 23.1 Å². The molecule has 1 unspecified atom stereocenters. The summed E-state index contributed by atoms with van der Waals surface area (Å²) in [7, 11) is 1.67. The van der Waals surface area contributed by atoms with Crippen molar-refractivity contribution in [2.24, 2.45) is 0 Å². The van der Waals surface area contributed by atoms with E-state index in [0.717, 1.165) is 42.8 Å². The number of benzene rings is 2. The van der Waals surface area contributed by atoms with Gasteiger partial charge in [-0.2, -0.15) is 0 Å². The Labute approximate surface area is 175 Å². The molecule has 4 nitrogen and oxygen atoms in total. The van der Waals surface area contributed by atoms with E-state index in [2.05, 4.69) is 21.6 Å². The topological polar surface area (TPSA) is 35.7 Å². The average Bonchev–Trinajstić information content (AvgIpc) is 2.82. The highest BCUT2D eigenvalue weighted by Crippen LogP contribution is 2.36. The van der Waals surface area contributed by atoms with Crippen LogP contribution in [0, 0.1) is 0 Å². The van der Waals surface area contributed by atoms with E-state index in [4.69, 9.17) is 16.3 Å². The molecule has 2 aliphatic rings. The Morgan fingerprint density at radius 2 is 1.74 bits per heavy atom. The Bertz CT molecular complexity index is 823. The number of ether oxygens (including phenoxy) is 1. The smallest absolute Gasteiger partial charge is 0.271 e. The lowest BCUT2D eigenvalue weighted by molar-refractivity contribution is -0.658. The molecule has 0 saturated heterocycles. The van der Waals surface area contributed by atoms with Gasteiger partial charge in [0.15, 0.2) is 6.54 Å². The third-order valence-electron chi connectivity index (χ3n) is 5.42. The molecule has 0 aliphatic carbocycles. The van der Waals surface area contributed by atoms with Gasteiger partial charge in [-0.05, 0) is 55.7 Å². The summed E-state index contributed by atoms with van der Waals surface area (Å²) < 4.78 is 7.47. The Kier molecular flexibility index (Phi) is 6.14. The van der Waals surface area contributed by atoms with Gasteiger partial charge >= 0.3 is 0 Å². The van der Waals surface area contributed by atoms with E-state index in [1.54, 1.807) is 7.11 Å². The molecule has 27 heavy (non-hydrogen) atoms. The minimum absolute atomic E-state index is 0. The van der Waals surface area contributed by atoms with E-state index < -0.39 is 5.72 Å². The highest BCUT2D eigenvalue weighted by molar-refractivity contribution is 6.30. The molecule has 2 heterocycles. The van der Waals surface area contributed by atoms with Gasteiger partial charge < -0.3 is 26.8 Å². The van der Waals surface area contributed by atoms with Crippen LogP contribution in [0.25, 0.3) is 0 Å². The fraction of sp³-hybridized carbons (Fsp3) is 0.381. The van der Waals surface area contributed by atoms with Crippen molar-refractivity contribution in [2.75, 3.05) is 25.1 Å². The summed E-state index contributed by atoms with van der Waals surface area (Å²) >= 11 is 6.06. The highest BCUT2D eigenvalue weighted by Gasteiger charge is 2.51. The van der Waals surface area contributed by atoms with Gasteiger partial charge in [0.25, 0.3) is 11.6 Å². The second-order valence-corrected chi connectivity index (χ2v) is 7.42. The summed E-state index contributed by atoms with van der Waals surface area (Å²) in [5.74, 6) is 2.04. The van der Waals surface area contributed by atoms with Crippen LogP contribution in [0.3, 0.4) is 0 Å². The second-order valence-electron chi connectivity index (χ2n) is 6.99. The van der Waals surface area contributed by atoms with E-state index >= 15 is 0 Å². The molecule has 0 fully saturated rings. The zero-order valence-electron chi connectivity index (χ0n) is 15.4. The number of nitrogens with zero attached hydrogens (tertiary/aromatic N) is 2. The predicted octanol–water partition coefficient (Wildman–Crippen LogP) is 1.00. The number of halogens is 2. The normalized spacial score (nSPS) is 22.1. The van der Waals surface area contributed by atoms with E-state index in [9.17, 15) is 5.11 Å². The quantitative estimate of drug-likeness (QED) is 0.708. The molecule has 2 aromatic rings. The number of rotatable bonds is 3. The maximum absolute atomic E-state index is 11.7. The van der Waals surface area contributed by atoms with Crippen LogP contribution in [0.2, 0.25) is 5.02 Å². The lowest BCUT2D eigenvalue weighted by Gasteiger charge is -2.23. The number of hydrogen-bond donors (Lipinski definition) is 1. The molecule has 0 spiro atoms. The zero-order valence-corrected chi connectivity index (χ0v) is 17.7. The van der Waals surface area contributed by atoms with Crippen LogP contribution >= 0.6 is 11.6 Å². The fourth-order valence-corrected chi connectivity index (χ4v) is 4.16. The molecular formula is C21H24BrClN2O2. The summed E-state index contributed by atoms with van der Waals surface area (Å²) in [5, 5.41) is 12.4. The Morgan fingerprint density at radius 3 is 2.41 bits per heavy atom. The lowest BCUT2D eigenvalue weighted by atomic mass is 10.0. The standard InChI is InChI=1S/C21H24ClN2O2.BrH/c1-26-19-12-10-18(11-13-19)23-15-21(25,16-6-8-17(22)9-7-16)24-14-4-2-3-5-20(23)24;/h6-13,25H,2-5,14-15H2,1H3;1H/q+1;/p-1. The van der Waals surface area contributed by atoms with Crippen LogP contribution in [-0.4, -0.2) is 35.7 Å². The van der Waals surface area contributed by atoms with Gasteiger partial charge in [-0.25, -0.2) is 9.48 Å². The Morgan fingerprint density at radius 1 is 1.04 bits per heavy atom. The third kappa shape index (κ3) is 3.73. The van der Waals surface area contributed by atoms with E-state index in [1.807, 2.05) is 36.4 Å². The zero-order chi connectivity index (χ0) is 18.1. The number of β-amino-alcohol motifs (C(OH)–C–C–N with tert-alkyl or cyclic N) is 1. The number of hydrogen-bond acceptors (Lipinski definition) is 3. The number of amidine groups is 1. The van der Waals surface area contributed by atoms with Gasteiger partial charge in [-0.15, -0.1) is 0 Å². The Balaban J connectivity index is 0.00000210. The molecule has 6 heteroatoms. The van der Waals surface area contributed by atoms with Crippen molar-refractivity contribution in [1.29, 1.82) is 0 Å². The molecule has 0 bridgehead atoms. The predicted molar refractivity (Wildman–Crippen MR) is 104 cm³/mol. The molecule has 0 aromatic heterocycles. The number of anilines is 1. The summed E-state index contributed by atoms with van der Waals surface area (Å²) in [6.07, 6.45) is 4.40. The highest BCUT2D eigenvalue weighted by atomic mass is 79.9. The van der Waals surface area contributed by atoms with Crippen LogP contribution in [0.1, 0.15) is 31.2 Å². The minimum atomic E-state index is -1.04. The molecular weight excluding hydrogens is 428 g/mol. The van der Waals surface area contributed by atoms with Crippen LogP contribution in [0.4, 0.5) is 5.69 Å². The van der Waals surface area contributed by atoms with Gasteiger partial charge in [0.05, 0.1) is 13.7 Å². The third-order valence-corrected chi connectivity index (χ3v) is 5.67. The van der Waals surface area contributed by atoms with Crippen molar-refractivity contribution in [3.63, 3.8) is 0 Å². The number of methoxy groups -OCH3 is 1. The van der Waals surface area contributed by atoms with Gasteiger partial charge in [0, 0.05) is 17.0 Å². The molecule has 4 rings (SSSR count). The summed E-state index contributed by atoms with van der Waals surface area (Å²) in [6.45, 7) is 1.37.